The molecule has 2 rings (SSSR count). The number of aliphatic hydroxyl groups excluding tert-OH is 1. The first-order valence-corrected chi connectivity index (χ1v) is 5.84. The Morgan fingerprint density at radius 1 is 1.71 bits per heavy atom. The second-order valence-electron chi connectivity index (χ2n) is 4.35. The van der Waals surface area contributed by atoms with Crippen molar-refractivity contribution in [2.45, 2.75) is 25.0 Å². The third-order valence-electron chi connectivity index (χ3n) is 2.81. The van der Waals surface area contributed by atoms with Crippen molar-refractivity contribution in [3.63, 3.8) is 0 Å². The maximum Gasteiger partial charge on any atom is 0.268 e. The van der Waals surface area contributed by atoms with Crippen molar-refractivity contribution < 1.29 is 14.6 Å². The molecule has 2 N–H and O–H groups in total. The molecule has 0 aromatic carbocycles. The Morgan fingerprint density at radius 2 is 2.47 bits per heavy atom. The van der Waals surface area contributed by atoms with Gasteiger partial charge in [-0.15, -0.1) is 0 Å². The molecule has 1 saturated carbocycles. The topological polar surface area (TPSA) is 63.5 Å². The minimum atomic E-state index is -0.659. The number of aliphatic hydroxyl groups is 1. The van der Waals surface area contributed by atoms with Crippen molar-refractivity contribution in [3.05, 3.63) is 24.0 Å². The molecule has 1 atom stereocenters. The van der Waals surface area contributed by atoms with Crippen LogP contribution in [0.2, 0.25) is 0 Å². The van der Waals surface area contributed by atoms with E-state index in [0.29, 0.717) is 11.7 Å². The summed E-state index contributed by atoms with van der Waals surface area (Å²) in [4.78, 5) is 11.9. The first-order chi connectivity index (χ1) is 8.22. The van der Waals surface area contributed by atoms with Gasteiger partial charge < -0.3 is 19.7 Å². The van der Waals surface area contributed by atoms with E-state index < -0.39 is 6.10 Å². The number of carbonyl (C=O) groups excluding carboxylic acids is 1. The van der Waals surface area contributed by atoms with E-state index >= 15 is 0 Å². The number of ether oxygens (including phenoxy) is 1. The highest BCUT2D eigenvalue weighted by molar-refractivity contribution is 5.92. The summed E-state index contributed by atoms with van der Waals surface area (Å²) in [5.41, 5.74) is 0.664. The predicted octanol–water partition coefficient (Wildman–Crippen LogP) is 0.560. The lowest BCUT2D eigenvalue weighted by atomic mass is 10.3. The van der Waals surface area contributed by atoms with Gasteiger partial charge in [0.15, 0.2) is 0 Å². The Hall–Kier alpha value is -1.33. The predicted molar refractivity (Wildman–Crippen MR) is 62.9 cm³/mol. The minimum absolute atomic E-state index is 0.142. The van der Waals surface area contributed by atoms with Crippen LogP contribution in [0.4, 0.5) is 0 Å². The average Bonchev–Trinajstić information content (AvgIpc) is 3.04. The van der Waals surface area contributed by atoms with Gasteiger partial charge in [0.2, 0.25) is 0 Å². The first kappa shape index (κ1) is 12.1. The maximum atomic E-state index is 11.9. The summed E-state index contributed by atoms with van der Waals surface area (Å²) in [6.45, 7) is 0.437. The molecular formula is C12H18N2O3. The Kier molecular flexibility index (Phi) is 3.81. The van der Waals surface area contributed by atoms with E-state index in [1.54, 1.807) is 6.07 Å². The van der Waals surface area contributed by atoms with E-state index in [9.17, 15) is 9.90 Å². The molecule has 1 fully saturated rings. The monoisotopic (exact) mass is 238 g/mol. The summed E-state index contributed by atoms with van der Waals surface area (Å²) >= 11 is 0. The quantitative estimate of drug-likeness (QED) is 0.761. The van der Waals surface area contributed by atoms with Gasteiger partial charge in [0.1, 0.15) is 5.69 Å². The lowest BCUT2D eigenvalue weighted by Gasteiger charge is -2.12. The fraction of sp³-hybridized carbons (Fsp3) is 0.583. The Bertz CT molecular complexity index is 385. The van der Waals surface area contributed by atoms with Crippen LogP contribution in [-0.4, -0.2) is 41.9 Å². The van der Waals surface area contributed by atoms with Gasteiger partial charge in [0.25, 0.3) is 5.91 Å². The van der Waals surface area contributed by atoms with Gasteiger partial charge in [-0.25, -0.2) is 0 Å². The highest BCUT2D eigenvalue weighted by Crippen LogP contribution is 2.35. The average molecular weight is 238 g/mol. The molecule has 0 spiro atoms. The Labute approximate surface area is 100 Å². The lowest BCUT2D eigenvalue weighted by molar-refractivity contribution is 0.0607. The van der Waals surface area contributed by atoms with Crippen LogP contribution in [-0.2, 0) is 4.74 Å². The molecule has 1 aliphatic carbocycles. The summed E-state index contributed by atoms with van der Waals surface area (Å²) in [5.74, 6) is -0.142. The zero-order valence-electron chi connectivity index (χ0n) is 9.93. The maximum absolute atomic E-state index is 11.9. The zero-order chi connectivity index (χ0) is 12.3. The van der Waals surface area contributed by atoms with Crippen molar-refractivity contribution in [3.8, 4) is 0 Å². The Morgan fingerprint density at radius 3 is 3.12 bits per heavy atom. The molecular weight excluding hydrogens is 220 g/mol. The van der Waals surface area contributed by atoms with Gasteiger partial charge in [-0.1, -0.05) is 0 Å². The minimum Gasteiger partial charge on any atom is -0.389 e. The van der Waals surface area contributed by atoms with Crippen molar-refractivity contribution in [2.24, 2.45) is 0 Å². The van der Waals surface area contributed by atoms with Crippen LogP contribution in [0.1, 0.15) is 29.4 Å². The fourth-order valence-electron chi connectivity index (χ4n) is 1.81. The van der Waals surface area contributed by atoms with E-state index in [1.807, 2.05) is 16.8 Å². The number of nitrogens with one attached hydrogen (secondary N) is 1. The molecule has 5 heteroatoms. The summed E-state index contributed by atoms with van der Waals surface area (Å²) < 4.78 is 6.79. The summed E-state index contributed by atoms with van der Waals surface area (Å²) in [5, 5.41) is 12.1. The Balaban J connectivity index is 1.88. The number of aromatic nitrogens is 1. The highest BCUT2D eigenvalue weighted by Gasteiger charge is 2.26. The van der Waals surface area contributed by atoms with Crippen LogP contribution in [0.5, 0.6) is 0 Å². The van der Waals surface area contributed by atoms with Crippen LogP contribution in [0, 0.1) is 0 Å². The van der Waals surface area contributed by atoms with Gasteiger partial charge >= 0.3 is 0 Å². The first-order valence-electron chi connectivity index (χ1n) is 5.84. The van der Waals surface area contributed by atoms with E-state index in [2.05, 4.69) is 5.32 Å². The molecule has 0 aliphatic heterocycles. The van der Waals surface area contributed by atoms with Crippen molar-refractivity contribution in [1.82, 2.24) is 9.88 Å². The summed E-state index contributed by atoms with van der Waals surface area (Å²) in [6.07, 6.45) is 3.55. The van der Waals surface area contributed by atoms with Gasteiger partial charge in [-0.3, -0.25) is 4.79 Å². The number of hydrogen-bond acceptors (Lipinski definition) is 3. The third kappa shape index (κ3) is 3.08. The molecule has 1 aromatic rings. The number of hydrogen-bond donors (Lipinski definition) is 2. The number of nitrogens with zero attached hydrogens (tertiary/aromatic N) is 1. The van der Waals surface area contributed by atoms with Crippen molar-refractivity contribution >= 4 is 5.91 Å². The van der Waals surface area contributed by atoms with E-state index in [0.717, 1.165) is 12.8 Å². The number of rotatable bonds is 6. The van der Waals surface area contributed by atoms with Gasteiger partial charge in [-0.05, 0) is 25.0 Å². The molecule has 1 amide bonds. The van der Waals surface area contributed by atoms with Crippen molar-refractivity contribution in [1.29, 1.82) is 0 Å². The molecule has 1 unspecified atom stereocenters. The number of methoxy groups -OCH3 is 1. The molecule has 5 nitrogen and oxygen atoms in total. The SMILES string of the molecule is COCC(O)CNC(=O)c1cccn1C1CC1. The standard InChI is InChI=1S/C12H18N2O3/c1-17-8-10(15)7-13-12(16)11-3-2-6-14(11)9-4-5-9/h2-3,6,9-10,15H,4-5,7-8H2,1H3,(H,13,16). The van der Waals surface area contributed by atoms with Crippen LogP contribution < -0.4 is 5.32 Å². The van der Waals surface area contributed by atoms with Gasteiger partial charge in [0, 0.05) is 25.9 Å². The highest BCUT2D eigenvalue weighted by atomic mass is 16.5. The summed E-state index contributed by atoms with van der Waals surface area (Å²) in [6, 6.07) is 4.16. The number of carbonyl (C=O) groups is 1. The molecule has 94 valence electrons. The molecule has 1 aliphatic rings. The van der Waals surface area contributed by atoms with Crippen LogP contribution >= 0.6 is 0 Å². The lowest BCUT2D eigenvalue weighted by Crippen LogP contribution is -2.35. The van der Waals surface area contributed by atoms with Crippen LogP contribution in [0.15, 0.2) is 18.3 Å². The van der Waals surface area contributed by atoms with Crippen molar-refractivity contribution in [2.75, 3.05) is 20.3 Å². The van der Waals surface area contributed by atoms with E-state index in [-0.39, 0.29) is 19.1 Å². The van der Waals surface area contributed by atoms with E-state index in [4.69, 9.17) is 4.74 Å². The zero-order valence-corrected chi connectivity index (χ0v) is 9.93. The van der Waals surface area contributed by atoms with Gasteiger partial charge in [0.05, 0.1) is 12.7 Å². The van der Waals surface area contributed by atoms with E-state index in [1.165, 1.54) is 7.11 Å². The van der Waals surface area contributed by atoms with Crippen LogP contribution in [0.3, 0.4) is 0 Å². The van der Waals surface area contributed by atoms with Gasteiger partial charge in [-0.2, -0.15) is 0 Å². The molecule has 1 heterocycles. The normalized spacial score (nSPS) is 16.8. The smallest absolute Gasteiger partial charge is 0.268 e. The van der Waals surface area contributed by atoms with Crippen LogP contribution in [0.25, 0.3) is 0 Å². The summed E-state index contributed by atoms with van der Waals surface area (Å²) in [7, 11) is 1.52. The fourth-order valence-corrected chi connectivity index (χ4v) is 1.81. The molecule has 0 saturated heterocycles. The molecule has 1 aromatic heterocycles. The third-order valence-corrected chi connectivity index (χ3v) is 2.81. The largest absolute Gasteiger partial charge is 0.389 e. The molecule has 0 radical (unpaired) electrons. The number of amides is 1. The molecule has 0 bridgehead atoms. The second-order valence-corrected chi connectivity index (χ2v) is 4.35. The second kappa shape index (κ2) is 5.33. The molecule has 17 heavy (non-hydrogen) atoms.